The fourth-order valence-electron chi connectivity index (χ4n) is 0.637. The SMILES string of the molecule is Oc1ccc(I)nc1C(F)(F)F. The second-order valence-corrected chi connectivity index (χ2v) is 3.10. The second kappa shape index (κ2) is 3.08. The van der Waals surface area contributed by atoms with Gasteiger partial charge in [-0.05, 0) is 34.7 Å². The van der Waals surface area contributed by atoms with Gasteiger partial charge in [-0.15, -0.1) is 0 Å². The lowest BCUT2D eigenvalue weighted by Crippen LogP contribution is -2.08. The van der Waals surface area contributed by atoms with Crippen LogP contribution in [-0.4, -0.2) is 10.1 Å². The lowest BCUT2D eigenvalue weighted by Gasteiger charge is -2.06. The molecule has 0 aromatic carbocycles. The van der Waals surface area contributed by atoms with E-state index < -0.39 is 17.6 Å². The molecule has 12 heavy (non-hydrogen) atoms. The Hall–Kier alpha value is -0.530. The molecule has 0 aliphatic rings. The van der Waals surface area contributed by atoms with Crippen LogP contribution in [0.3, 0.4) is 0 Å². The number of alkyl halides is 3. The van der Waals surface area contributed by atoms with E-state index >= 15 is 0 Å². The molecule has 0 aliphatic carbocycles. The molecule has 1 rings (SSSR count). The molecule has 0 aliphatic heterocycles. The highest BCUT2D eigenvalue weighted by molar-refractivity contribution is 14.1. The van der Waals surface area contributed by atoms with Crippen LogP contribution in [0.4, 0.5) is 13.2 Å². The smallest absolute Gasteiger partial charge is 0.437 e. The summed E-state index contributed by atoms with van der Waals surface area (Å²) in [5.74, 6) is -0.845. The standard InChI is InChI=1S/C6H3F3INO/c7-6(8,9)5-3(12)1-2-4(10)11-5/h1-2,12H. The van der Waals surface area contributed by atoms with Gasteiger partial charge >= 0.3 is 6.18 Å². The molecule has 1 heterocycles. The van der Waals surface area contributed by atoms with E-state index in [9.17, 15) is 13.2 Å². The van der Waals surface area contributed by atoms with Gasteiger partial charge in [-0.1, -0.05) is 0 Å². The molecule has 6 heteroatoms. The van der Waals surface area contributed by atoms with Crippen LogP contribution in [0, 0.1) is 3.70 Å². The van der Waals surface area contributed by atoms with Crippen molar-refractivity contribution in [3.8, 4) is 5.75 Å². The van der Waals surface area contributed by atoms with Crippen molar-refractivity contribution < 1.29 is 18.3 Å². The zero-order chi connectivity index (χ0) is 9.35. The highest BCUT2D eigenvalue weighted by Gasteiger charge is 2.35. The van der Waals surface area contributed by atoms with Gasteiger partial charge in [0.25, 0.3) is 0 Å². The van der Waals surface area contributed by atoms with Crippen molar-refractivity contribution in [2.75, 3.05) is 0 Å². The molecular weight excluding hydrogens is 286 g/mol. The molecule has 0 saturated carbocycles. The van der Waals surface area contributed by atoms with E-state index in [1.165, 1.54) is 6.07 Å². The Morgan fingerprint density at radius 2 is 1.92 bits per heavy atom. The molecule has 0 spiro atoms. The first-order chi connectivity index (χ1) is 5.41. The molecule has 0 saturated heterocycles. The summed E-state index contributed by atoms with van der Waals surface area (Å²) in [6.07, 6.45) is -4.59. The number of aromatic nitrogens is 1. The number of hydrogen-bond acceptors (Lipinski definition) is 2. The number of hydrogen-bond donors (Lipinski definition) is 1. The van der Waals surface area contributed by atoms with Crippen LogP contribution in [0.2, 0.25) is 0 Å². The Morgan fingerprint density at radius 3 is 2.33 bits per heavy atom. The van der Waals surface area contributed by atoms with Crippen molar-refractivity contribution in [1.29, 1.82) is 0 Å². The zero-order valence-electron chi connectivity index (χ0n) is 5.56. The van der Waals surface area contributed by atoms with Crippen molar-refractivity contribution in [2.24, 2.45) is 0 Å². The summed E-state index contributed by atoms with van der Waals surface area (Å²) in [4.78, 5) is 3.16. The third kappa shape index (κ3) is 1.99. The average Bonchev–Trinajstić information content (AvgIpc) is 1.92. The van der Waals surface area contributed by atoms with E-state index in [1.807, 2.05) is 0 Å². The van der Waals surface area contributed by atoms with Crippen molar-refractivity contribution in [2.45, 2.75) is 6.18 Å². The Bertz CT molecular complexity index is 299. The summed E-state index contributed by atoms with van der Waals surface area (Å²) >= 11 is 1.64. The van der Waals surface area contributed by atoms with Gasteiger partial charge in [0.1, 0.15) is 9.45 Å². The Morgan fingerprint density at radius 1 is 1.33 bits per heavy atom. The van der Waals surface area contributed by atoms with Gasteiger partial charge in [0.15, 0.2) is 5.69 Å². The Kier molecular flexibility index (Phi) is 2.45. The van der Waals surface area contributed by atoms with E-state index in [1.54, 1.807) is 22.6 Å². The van der Waals surface area contributed by atoms with Crippen LogP contribution in [0.1, 0.15) is 5.69 Å². The maximum atomic E-state index is 12.0. The molecule has 0 atom stereocenters. The van der Waals surface area contributed by atoms with E-state index in [4.69, 9.17) is 5.11 Å². The van der Waals surface area contributed by atoms with Crippen LogP contribution in [-0.2, 0) is 6.18 Å². The van der Waals surface area contributed by atoms with Crippen LogP contribution in [0.5, 0.6) is 5.75 Å². The number of halogens is 4. The molecule has 0 fully saturated rings. The molecule has 2 nitrogen and oxygen atoms in total. The van der Waals surface area contributed by atoms with Gasteiger partial charge in [-0.3, -0.25) is 0 Å². The lowest BCUT2D eigenvalue weighted by atomic mass is 10.3. The largest absolute Gasteiger partial charge is 0.506 e. The molecule has 66 valence electrons. The minimum Gasteiger partial charge on any atom is -0.506 e. The third-order valence-electron chi connectivity index (χ3n) is 1.11. The predicted molar refractivity (Wildman–Crippen MR) is 43.6 cm³/mol. The predicted octanol–water partition coefficient (Wildman–Crippen LogP) is 2.41. The van der Waals surface area contributed by atoms with E-state index in [2.05, 4.69) is 4.98 Å². The highest BCUT2D eigenvalue weighted by atomic mass is 127. The quantitative estimate of drug-likeness (QED) is 0.587. The number of pyridine rings is 1. The van der Waals surface area contributed by atoms with Crippen LogP contribution < -0.4 is 0 Å². The molecule has 0 bridgehead atoms. The van der Waals surface area contributed by atoms with Crippen molar-refractivity contribution >= 4 is 22.6 Å². The number of rotatable bonds is 0. The first-order valence-corrected chi connectivity index (χ1v) is 3.92. The first kappa shape index (κ1) is 9.56. The van der Waals surface area contributed by atoms with Crippen molar-refractivity contribution in [3.05, 3.63) is 21.5 Å². The zero-order valence-corrected chi connectivity index (χ0v) is 7.72. The normalized spacial score (nSPS) is 11.7. The summed E-state index contributed by atoms with van der Waals surface area (Å²) < 4.78 is 36.2. The molecule has 0 radical (unpaired) electrons. The first-order valence-electron chi connectivity index (χ1n) is 2.84. The highest BCUT2D eigenvalue weighted by Crippen LogP contribution is 2.33. The fraction of sp³-hybridized carbons (Fsp3) is 0.167. The van der Waals surface area contributed by atoms with Gasteiger partial charge in [-0.2, -0.15) is 13.2 Å². The Balaban J connectivity index is 3.23. The maximum absolute atomic E-state index is 12.0. The average molecular weight is 289 g/mol. The summed E-state index contributed by atoms with van der Waals surface area (Å²) in [5.41, 5.74) is -1.24. The van der Waals surface area contributed by atoms with Crippen molar-refractivity contribution in [3.63, 3.8) is 0 Å². The number of nitrogens with zero attached hydrogens (tertiary/aromatic N) is 1. The minimum absolute atomic E-state index is 0.192. The molecule has 1 aromatic heterocycles. The summed E-state index contributed by atoms with van der Waals surface area (Å²) in [7, 11) is 0. The van der Waals surface area contributed by atoms with E-state index in [0.717, 1.165) is 6.07 Å². The maximum Gasteiger partial charge on any atom is 0.437 e. The van der Waals surface area contributed by atoms with Gasteiger partial charge in [-0.25, -0.2) is 4.98 Å². The summed E-state index contributed by atoms with van der Waals surface area (Å²) in [6, 6.07) is 2.27. The molecule has 0 amide bonds. The monoisotopic (exact) mass is 289 g/mol. The summed E-state index contributed by atoms with van der Waals surface area (Å²) in [5, 5.41) is 8.78. The van der Waals surface area contributed by atoms with Gasteiger partial charge in [0.2, 0.25) is 0 Å². The van der Waals surface area contributed by atoms with E-state index in [-0.39, 0.29) is 3.70 Å². The minimum atomic E-state index is -4.59. The molecular formula is C6H3F3INO. The Labute approximate surface area is 79.6 Å². The van der Waals surface area contributed by atoms with Gasteiger partial charge in [0, 0.05) is 0 Å². The van der Waals surface area contributed by atoms with Crippen molar-refractivity contribution in [1.82, 2.24) is 4.98 Å². The molecule has 0 unspecified atom stereocenters. The van der Waals surface area contributed by atoms with Crippen LogP contribution in [0.25, 0.3) is 0 Å². The second-order valence-electron chi connectivity index (χ2n) is 2.00. The van der Waals surface area contributed by atoms with E-state index in [0.29, 0.717) is 0 Å². The third-order valence-corrected chi connectivity index (χ3v) is 1.71. The molecule has 1 N–H and O–H groups in total. The lowest BCUT2D eigenvalue weighted by molar-refractivity contribution is -0.142. The van der Waals surface area contributed by atoms with Gasteiger partial charge in [0.05, 0.1) is 0 Å². The summed E-state index contributed by atoms with van der Waals surface area (Å²) in [6.45, 7) is 0. The fourth-order valence-corrected chi connectivity index (χ4v) is 1.06. The topological polar surface area (TPSA) is 33.1 Å². The molecule has 1 aromatic rings. The van der Waals surface area contributed by atoms with Gasteiger partial charge < -0.3 is 5.11 Å². The number of aromatic hydroxyl groups is 1. The van der Waals surface area contributed by atoms with Crippen LogP contribution >= 0.6 is 22.6 Å². The van der Waals surface area contributed by atoms with Crippen LogP contribution in [0.15, 0.2) is 12.1 Å².